The zero-order valence-electron chi connectivity index (χ0n) is 18.3. The van der Waals surface area contributed by atoms with Gasteiger partial charge in [0.15, 0.2) is 6.61 Å². The molecular formula is C24H18ClF3N4O4. The van der Waals surface area contributed by atoms with Crippen LogP contribution in [0.4, 0.5) is 24.5 Å². The molecule has 0 fully saturated rings. The van der Waals surface area contributed by atoms with E-state index in [-0.39, 0.29) is 18.2 Å². The van der Waals surface area contributed by atoms with E-state index in [1.54, 1.807) is 48.5 Å². The van der Waals surface area contributed by atoms with Crippen molar-refractivity contribution in [3.63, 3.8) is 0 Å². The second-order valence-corrected chi connectivity index (χ2v) is 7.52. The van der Waals surface area contributed by atoms with Gasteiger partial charge >= 0.3 is 18.0 Å². The van der Waals surface area contributed by atoms with Crippen LogP contribution >= 0.6 is 11.6 Å². The average molecular weight is 519 g/mol. The van der Waals surface area contributed by atoms with Gasteiger partial charge in [-0.05, 0) is 60.2 Å². The topological polar surface area (TPSA) is 109 Å². The van der Waals surface area contributed by atoms with Gasteiger partial charge in [-0.25, -0.2) is 5.43 Å². The lowest BCUT2D eigenvalue weighted by Crippen LogP contribution is -2.32. The first-order valence-corrected chi connectivity index (χ1v) is 10.6. The van der Waals surface area contributed by atoms with Crippen molar-refractivity contribution in [3.8, 4) is 5.75 Å². The normalized spacial score (nSPS) is 11.1. The summed E-state index contributed by atoms with van der Waals surface area (Å²) < 4.78 is 44.2. The molecule has 0 unspecified atom stereocenters. The molecule has 12 heteroatoms. The van der Waals surface area contributed by atoms with Crippen molar-refractivity contribution in [3.05, 3.63) is 88.9 Å². The Morgan fingerprint density at radius 3 is 2.25 bits per heavy atom. The van der Waals surface area contributed by atoms with Crippen LogP contribution in [0.3, 0.4) is 0 Å². The summed E-state index contributed by atoms with van der Waals surface area (Å²) in [5, 5.41) is 7.82. The first-order valence-electron chi connectivity index (χ1n) is 10.2. The van der Waals surface area contributed by atoms with Gasteiger partial charge in [-0.1, -0.05) is 29.8 Å². The van der Waals surface area contributed by atoms with Crippen molar-refractivity contribution < 1.29 is 32.3 Å². The van der Waals surface area contributed by atoms with Gasteiger partial charge in [0.05, 0.1) is 16.8 Å². The van der Waals surface area contributed by atoms with Gasteiger partial charge in [0.25, 0.3) is 5.91 Å². The van der Waals surface area contributed by atoms with Gasteiger partial charge < -0.3 is 15.4 Å². The number of hydrogen-bond acceptors (Lipinski definition) is 5. The highest BCUT2D eigenvalue weighted by Crippen LogP contribution is 2.36. The first kappa shape index (κ1) is 26.2. The number of hydrazone groups is 1. The third kappa shape index (κ3) is 7.84. The molecule has 0 aliphatic carbocycles. The van der Waals surface area contributed by atoms with Gasteiger partial charge in [0.2, 0.25) is 0 Å². The Hall–Kier alpha value is -4.38. The standard InChI is InChI=1S/C24H18ClF3N4O4/c25-20-11-8-17(12-19(20)24(26,27)28)31-22(34)23(35)32-29-13-15-6-9-18(10-7-15)36-14-21(33)30-16-4-2-1-3-5-16/h1-13H,14H2,(H,30,33)(H,31,34)(H,32,35)/b29-13-. The fraction of sp³-hybridized carbons (Fsp3) is 0.0833. The Morgan fingerprint density at radius 1 is 0.889 bits per heavy atom. The number of benzene rings is 3. The molecule has 0 saturated carbocycles. The van der Waals surface area contributed by atoms with Crippen LogP contribution in [0.5, 0.6) is 5.75 Å². The molecule has 3 N–H and O–H groups in total. The number of para-hydroxylation sites is 1. The predicted molar refractivity (Wildman–Crippen MR) is 128 cm³/mol. The lowest BCUT2D eigenvalue weighted by Gasteiger charge is -2.11. The molecule has 0 heterocycles. The van der Waals surface area contributed by atoms with Gasteiger partial charge in [-0.3, -0.25) is 14.4 Å². The average Bonchev–Trinajstić information content (AvgIpc) is 2.84. The van der Waals surface area contributed by atoms with E-state index in [4.69, 9.17) is 16.3 Å². The Labute approximate surface area is 208 Å². The molecule has 0 saturated heterocycles. The number of rotatable bonds is 7. The molecular weight excluding hydrogens is 501 g/mol. The Morgan fingerprint density at radius 2 is 1.58 bits per heavy atom. The Balaban J connectivity index is 1.46. The molecule has 3 rings (SSSR count). The van der Waals surface area contributed by atoms with Crippen LogP contribution in [0.2, 0.25) is 5.02 Å². The summed E-state index contributed by atoms with van der Waals surface area (Å²) in [6, 6.07) is 17.9. The van der Waals surface area contributed by atoms with Crippen molar-refractivity contribution in [2.24, 2.45) is 5.10 Å². The number of carbonyl (C=O) groups is 3. The molecule has 3 aromatic carbocycles. The second-order valence-electron chi connectivity index (χ2n) is 7.12. The van der Waals surface area contributed by atoms with E-state index in [2.05, 4.69) is 10.4 Å². The third-order valence-corrected chi connectivity index (χ3v) is 4.75. The third-order valence-electron chi connectivity index (χ3n) is 4.42. The van der Waals surface area contributed by atoms with E-state index in [9.17, 15) is 27.6 Å². The van der Waals surface area contributed by atoms with Crippen molar-refractivity contribution in [1.82, 2.24) is 5.43 Å². The fourth-order valence-corrected chi connectivity index (χ4v) is 2.97. The smallest absolute Gasteiger partial charge is 0.417 e. The molecule has 0 aromatic heterocycles. The maximum atomic E-state index is 12.9. The molecule has 8 nitrogen and oxygen atoms in total. The minimum atomic E-state index is -4.72. The summed E-state index contributed by atoms with van der Waals surface area (Å²) in [5.41, 5.74) is 1.74. The summed E-state index contributed by atoms with van der Waals surface area (Å²) in [6.45, 7) is -0.203. The van der Waals surface area contributed by atoms with E-state index in [1.165, 1.54) is 6.21 Å². The highest BCUT2D eigenvalue weighted by Gasteiger charge is 2.33. The van der Waals surface area contributed by atoms with E-state index >= 15 is 0 Å². The predicted octanol–water partition coefficient (Wildman–Crippen LogP) is 4.47. The second kappa shape index (κ2) is 11.8. The molecule has 36 heavy (non-hydrogen) atoms. The molecule has 0 atom stereocenters. The minimum Gasteiger partial charge on any atom is -0.484 e. The van der Waals surface area contributed by atoms with E-state index < -0.39 is 28.6 Å². The largest absolute Gasteiger partial charge is 0.484 e. The summed E-state index contributed by atoms with van der Waals surface area (Å²) in [4.78, 5) is 35.7. The van der Waals surface area contributed by atoms with E-state index in [1.807, 2.05) is 16.8 Å². The van der Waals surface area contributed by atoms with Gasteiger partial charge in [0.1, 0.15) is 5.75 Å². The molecule has 0 bridgehead atoms. The number of carbonyl (C=O) groups excluding carboxylic acids is 3. The van der Waals surface area contributed by atoms with Crippen LogP contribution < -0.4 is 20.8 Å². The molecule has 0 spiro atoms. The highest BCUT2D eigenvalue weighted by atomic mass is 35.5. The molecule has 3 amide bonds. The van der Waals surface area contributed by atoms with Crippen LogP contribution in [-0.4, -0.2) is 30.5 Å². The van der Waals surface area contributed by atoms with Crippen molar-refractivity contribution in [2.45, 2.75) is 6.18 Å². The van der Waals surface area contributed by atoms with Crippen molar-refractivity contribution in [2.75, 3.05) is 17.2 Å². The SMILES string of the molecule is O=C(COc1ccc(/C=N\NC(=O)C(=O)Nc2ccc(Cl)c(C(F)(F)F)c2)cc1)Nc1ccccc1. The number of nitrogens with zero attached hydrogens (tertiary/aromatic N) is 1. The number of halogens is 4. The van der Waals surface area contributed by atoms with Crippen molar-refractivity contribution in [1.29, 1.82) is 0 Å². The number of amides is 3. The van der Waals surface area contributed by atoms with Crippen LogP contribution in [0.25, 0.3) is 0 Å². The quantitative estimate of drug-likeness (QED) is 0.244. The van der Waals surface area contributed by atoms with E-state index in [0.29, 0.717) is 23.1 Å². The van der Waals surface area contributed by atoms with E-state index in [0.717, 1.165) is 12.1 Å². The summed E-state index contributed by atoms with van der Waals surface area (Å²) in [6.07, 6.45) is -3.49. The summed E-state index contributed by atoms with van der Waals surface area (Å²) >= 11 is 5.52. The van der Waals surface area contributed by atoms with Gasteiger partial charge in [0, 0.05) is 11.4 Å². The summed E-state index contributed by atoms with van der Waals surface area (Å²) in [7, 11) is 0. The molecule has 186 valence electrons. The van der Waals surface area contributed by atoms with Crippen LogP contribution in [0.1, 0.15) is 11.1 Å². The number of hydrogen-bond donors (Lipinski definition) is 3. The fourth-order valence-electron chi connectivity index (χ4n) is 2.74. The zero-order chi connectivity index (χ0) is 26.1. The number of ether oxygens (including phenoxy) is 1. The number of anilines is 2. The van der Waals surface area contributed by atoms with Crippen LogP contribution in [0.15, 0.2) is 77.9 Å². The van der Waals surface area contributed by atoms with Crippen molar-refractivity contribution >= 4 is 46.9 Å². The number of alkyl halides is 3. The summed E-state index contributed by atoms with van der Waals surface area (Å²) in [5.74, 6) is -2.33. The molecule has 3 aromatic rings. The molecule has 0 aliphatic rings. The maximum Gasteiger partial charge on any atom is 0.417 e. The monoisotopic (exact) mass is 518 g/mol. The Bertz CT molecular complexity index is 1270. The highest BCUT2D eigenvalue weighted by molar-refractivity contribution is 6.39. The maximum absolute atomic E-state index is 12.9. The zero-order valence-corrected chi connectivity index (χ0v) is 19.1. The first-order chi connectivity index (χ1) is 17.1. The minimum absolute atomic E-state index is 0.203. The van der Waals surface area contributed by atoms with Gasteiger partial charge in [-0.2, -0.15) is 18.3 Å². The number of nitrogens with one attached hydrogen (secondary N) is 3. The molecule has 0 aliphatic heterocycles. The molecule has 0 radical (unpaired) electrons. The van der Waals surface area contributed by atoms with Crippen LogP contribution in [0, 0.1) is 0 Å². The van der Waals surface area contributed by atoms with Crippen LogP contribution in [-0.2, 0) is 20.6 Å². The Kier molecular flexibility index (Phi) is 8.63. The lowest BCUT2D eigenvalue weighted by atomic mass is 10.2. The lowest BCUT2D eigenvalue weighted by molar-refractivity contribution is -0.137. The van der Waals surface area contributed by atoms with Gasteiger partial charge in [-0.15, -0.1) is 0 Å².